The molecular formula is C28H32N4O6S2. The number of nitrogens with zero attached hydrogens (tertiary/aromatic N) is 2. The lowest BCUT2D eigenvalue weighted by Crippen LogP contribution is -2.53. The molecule has 2 aliphatic heterocycles. The molecular weight excluding hydrogens is 552 g/mol. The number of hydrogen-bond donors (Lipinski definition) is 3. The number of pyridine rings is 1. The van der Waals surface area contributed by atoms with E-state index in [1.807, 2.05) is 12.1 Å². The minimum absolute atomic E-state index is 0.0691. The molecule has 6 rings (SSSR count). The Hall–Kier alpha value is -3.03. The molecule has 40 heavy (non-hydrogen) atoms. The largest absolute Gasteiger partial charge is 0.481 e. The molecule has 3 aliphatic rings. The number of carbonyl (C=O) groups is 1. The van der Waals surface area contributed by atoms with Crippen LogP contribution in [0.5, 0.6) is 5.88 Å². The van der Waals surface area contributed by atoms with Gasteiger partial charge in [-0.1, -0.05) is 12.1 Å². The van der Waals surface area contributed by atoms with Gasteiger partial charge in [-0.05, 0) is 60.1 Å². The van der Waals surface area contributed by atoms with Crippen molar-refractivity contribution in [2.45, 2.75) is 36.4 Å². The molecule has 12 heteroatoms. The molecule has 0 atom stereocenters. The number of urea groups is 1. The summed E-state index contributed by atoms with van der Waals surface area (Å²) >= 11 is 1.21. The first-order valence-electron chi connectivity index (χ1n) is 13.3. The maximum absolute atomic E-state index is 13.3. The van der Waals surface area contributed by atoms with E-state index in [1.54, 1.807) is 25.4 Å². The fourth-order valence-electron chi connectivity index (χ4n) is 5.78. The second kappa shape index (κ2) is 10.7. The topological polar surface area (TPSA) is 130 Å². The average molecular weight is 585 g/mol. The van der Waals surface area contributed by atoms with Gasteiger partial charge in [0.05, 0.1) is 38.0 Å². The first kappa shape index (κ1) is 27.2. The van der Waals surface area contributed by atoms with Gasteiger partial charge >= 0.3 is 6.03 Å². The number of thiophene rings is 1. The summed E-state index contributed by atoms with van der Waals surface area (Å²) in [6.45, 7) is 3.23. The Balaban J connectivity index is 1.20. The summed E-state index contributed by atoms with van der Waals surface area (Å²) in [6.07, 6.45) is 5.04. The predicted octanol–water partition coefficient (Wildman–Crippen LogP) is 3.18. The van der Waals surface area contributed by atoms with Crippen molar-refractivity contribution in [3.05, 3.63) is 58.1 Å². The molecule has 2 aromatic heterocycles. The maximum atomic E-state index is 13.3. The molecule has 0 spiro atoms. The standard InChI is InChI=1S/C28H32N4O6S2/c1-37-24-11-19(7-9-29-24)22-6-5-18-3-2-4-21(18)26(22)30-27(34)31-40(35,36)25-12-20-13-32(10-8-23(20)39-25)14-28(15-33)16-38-17-28/h5-7,9,11-12,33H,2-4,8,10,13-17H2,1H3,(H2,30,31,34). The first-order valence-corrected chi connectivity index (χ1v) is 15.6. The second-order valence-corrected chi connectivity index (χ2v) is 13.8. The molecule has 212 valence electrons. The minimum atomic E-state index is -4.08. The van der Waals surface area contributed by atoms with Crippen LogP contribution in [0.4, 0.5) is 10.5 Å². The van der Waals surface area contributed by atoms with Gasteiger partial charge in [-0.2, -0.15) is 0 Å². The van der Waals surface area contributed by atoms with Crippen LogP contribution in [0.15, 0.2) is 40.7 Å². The zero-order valence-electron chi connectivity index (χ0n) is 22.2. The van der Waals surface area contributed by atoms with Crippen LogP contribution in [0.2, 0.25) is 0 Å². The lowest BCUT2D eigenvalue weighted by Gasteiger charge is -2.44. The van der Waals surface area contributed by atoms with Crippen LogP contribution in [-0.2, 0) is 40.6 Å². The fourth-order valence-corrected chi connectivity index (χ4v) is 8.23. The molecule has 0 bridgehead atoms. The molecule has 10 nitrogen and oxygen atoms in total. The number of aliphatic hydroxyl groups excluding tert-OH is 1. The summed E-state index contributed by atoms with van der Waals surface area (Å²) < 4.78 is 39.5. The van der Waals surface area contributed by atoms with Crippen molar-refractivity contribution in [1.82, 2.24) is 14.6 Å². The fraction of sp³-hybridized carbons (Fsp3) is 0.429. The van der Waals surface area contributed by atoms with Crippen LogP contribution in [0.3, 0.4) is 0 Å². The van der Waals surface area contributed by atoms with Gasteiger partial charge in [0.25, 0.3) is 10.0 Å². The number of carbonyl (C=O) groups excluding carboxylic acids is 1. The summed E-state index contributed by atoms with van der Waals surface area (Å²) in [5.74, 6) is 0.448. The first-order chi connectivity index (χ1) is 19.3. The molecule has 4 heterocycles. The Kier molecular flexibility index (Phi) is 7.30. The van der Waals surface area contributed by atoms with E-state index < -0.39 is 16.1 Å². The number of ether oxygens (including phenoxy) is 2. The molecule has 3 aromatic rings. The highest BCUT2D eigenvalue weighted by molar-refractivity contribution is 7.92. The number of methoxy groups -OCH3 is 1. The van der Waals surface area contributed by atoms with Crippen LogP contribution >= 0.6 is 11.3 Å². The van der Waals surface area contributed by atoms with E-state index in [1.165, 1.54) is 11.3 Å². The van der Waals surface area contributed by atoms with Crippen LogP contribution < -0.4 is 14.8 Å². The summed E-state index contributed by atoms with van der Waals surface area (Å²) in [5, 5.41) is 12.6. The molecule has 1 fully saturated rings. The summed E-state index contributed by atoms with van der Waals surface area (Å²) in [5.41, 5.74) is 5.07. The molecule has 2 amide bonds. The molecule has 1 saturated heterocycles. The van der Waals surface area contributed by atoms with Crippen LogP contribution in [0.25, 0.3) is 11.1 Å². The quantitative estimate of drug-likeness (QED) is 0.368. The number of amides is 2. The Bertz CT molecular complexity index is 1540. The normalized spacial score (nSPS) is 17.9. The van der Waals surface area contributed by atoms with Gasteiger partial charge in [0.2, 0.25) is 5.88 Å². The van der Waals surface area contributed by atoms with E-state index in [9.17, 15) is 18.3 Å². The predicted molar refractivity (Wildman–Crippen MR) is 151 cm³/mol. The Morgan fingerprint density at radius 3 is 2.80 bits per heavy atom. The molecule has 0 radical (unpaired) electrons. The number of rotatable bonds is 8. The maximum Gasteiger partial charge on any atom is 0.333 e. The average Bonchev–Trinajstić information content (AvgIpc) is 3.58. The number of fused-ring (bicyclic) bond motifs is 2. The number of anilines is 1. The monoisotopic (exact) mass is 584 g/mol. The van der Waals surface area contributed by atoms with Crippen molar-refractivity contribution in [2.24, 2.45) is 5.41 Å². The number of aromatic nitrogens is 1. The Morgan fingerprint density at radius 2 is 2.05 bits per heavy atom. The lowest BCUT2D eigenvalue weighted by molar-refractivity contribution is -0.149. The second-order valence-electron chi connectivity index (χ2n) is 10.8. The van der Waals surface area contributed by atoms with Crippen LogP contribution in [0.1, 0.15) is 28.0 Å². The van der Waals surface area contributed by atoms with E-state index in [0.717, 1.165) is 64.9 Å². The van der Waals surface area contributed by atoms with Crippen molar-refractivity contribution >= 4 is 33.1 Å². The van der Waals surface area contributed by atoms with Gasteiger partial charge in [-0.15, -0.1) is 11.3 Å². The van der Waals surface area contributed by atoms with Gasteiger partial charge in [-0.3, -0.25) is 4.90 Å². The third kappa shape index (κ3) is 5.21. The van der Waals surface area contributed by atoms with Gasteiger partial charge in [-0.25, -0.2) is 22.9 Å². The number of hydrogen-bond acceptors (Lipinski definition) is 9. The number of aryl methyl sites for hydroxylation is 1. The smallest absolute Gasteiger partial charge is 0.333 e. The highest BCUT2D eigenvalue weighted by Crippen LogP contribution is 2.38. The zero-order valence-corrected chi connectivity index (χ0v) is 23.9. The van der Waals surface area contributed by atoms with E-state index in [2.05, 4.69) is 26.0 Å². The summed E-state index contributed by atoms with van der Waals surface area (Å²) in [4.78, 5) is 20.6. The molecule has 0 saturated carbocycles. The van der Waals surface area contributed by atoms with Crippen molar-refractivity contribution < 1.29 is 27.8 Å². The van der Waals surface area contributed by atoms with Crippen molar-refractivity contribution in [1.29, 1.82) is 0 Å². The van der Waals surface area contributed by atoms with E-state index >= 15 is 0 Å². The summed E-state index contributed by atoms with van der Waals surface area (Å²) in [6, 6.07) is 8.49. The highest BCUT2D eigenvalue weighted by atomic mass is 32.2. The van der Waals surface area contributed by atoms with E-state index in [-0.39, 0.29) is 16.2 Å². The van der Waals surface area contributed by atoms with Crippen molar-refractivity contribution in [3.8, 4) is 17.0 Å². The Morgan fingerprint density at radius 1 is 1.20 bits per heavy atom. The lowest BCUT2D eigenvalue weighted by atomic mass is 9.86. The number of benzene rings is 1. The SMILES string of the molecule is COc1cc(-c2ccc3c(c2NC(=O)NS(=O)(=O)c2cc4c(s2)CCN(CC2(CO)COC2)C4)CCC3)ccn1. The van der Waals surface area contributed by atoms with E-state index in [4.69, 9.17) is 9.47 Å². The number of sulfonamides is 1. The highest BCUT2D eigenvalue weighted by Gasteiger charge is 2.40. The van der Waals surface area contributed by atoms with Crippen LogP contribution in [0, 0.1) is 5.41 Å². The third-order valence-electron chi connectivity index (χ3n) is 7.90. The Labute approximate surface area is 237 Å². The molecule has 0 unspecified atom stereocenters. The van der Waals surface area contributed by atoms with Crippen molar-refractivity contribution in [3.63, 3.8) is 0 Å². The van der Waals surface area contributed by atoms with Gasteiger partial charge in [0, 0.05) is 42.3 Å². The van der Waals surface area contributed by atoms with Gasteiger partial charge < -0.3 is 19.9 Å². The van der Waals surface area contributed by atoms with Crippen molar-refractivity contribution in [2.75, 3.05) is 45.3 Å². The van der Waals surface area contributed by atoms with Gasteiger partial charge in [0.15, 0.2) is 0 Å². The molecule has 3 N–H and O–H groups in total. The minimum Gasteiger partial charge on any atom is -0.481 e. The number of aliphatic hydroxyl groups is 1. The third-order valence-corrected chi connectivity index (χ3v) is 10.9. The molecule has 1 aromatic carbocycles. The summed E-state index contributed by atoms with van der Waals surface area (Å²) in [7, 11) is -2.54. The number of nitrogens with one attached hydrogen (secondary N) is 2. The van der Waals surface area contributed by atoms with E-state index in [0.29, 0.717) is 37.9 Å². The molecule has 1 aliphatic carbocycles. The zero-order chi connectivity index (χ0) is 27.9. The van der Waals surface area contributed by atoms with Gasteiger partial charge in [0.1, 0.15) is 4.21 Å². The van der Waals surface area contributed by atoms with Crippen LogP contribution in [-0.4, -0.2) is 69.5 Å².